The summed E-state index contributed by atoms with van der Waals surface area (Å²) in [7, 11) is -3.40. The summed E-state index contributed by atoms with van der Waals surface area (Å²) in [5, 5.41) is 2.79. The Labute approximate surface area is 154 Å². The van der Waals surface area contributed by atoms with Crippen molar-refractivity contribution in [1.82, 2.24) is 4.90 Å². The van der Waals surface area contributed by atoms with Gasteiger partial charge < -0.3 is 5.32 Å². The Balaban J connectivity index is 1.68. The van der Waals surface area contributed by atoms with E-state index >= 15 is 0 Å². The third kappa shape index (κ3) is 4.14. The molecule has 0 spiro atoms. The number of para-hydroxylation sites is 1. The van der Waals surface area contributed by atoms with Crippen LogP contribution in [0.1, 0.15) is 24.8 Å². The van der Waals surface area contributed by atoms with Crippen LogP contribution in [0.15, 0.2) is 59.5 Å². The Bertz CT molecular complexity index is 881. The number of hydrogen-bond donors (Lipinski definition) is 1. The minimum atomic E-state index is -3.40. The molecule has 0 aromatic heterocycles. The summed E-state index contributed by atoms with van der Waals surface area (Å²) in [5.41, 5.74) is 1.63. The van der Waals surface area contributed by atoms with Crippen molar-refractivity contribution in [2.45, 2.75) is 30.2 Å². The highest BCUT2D eigenvalue weighted by Gasteiger charge is 2.30. The number of nitrogens with one attached hydrogen (secondary N) is 1. The van der Waals surface area contributed by atoms with E-state index in [-0.39, 0.29) is 16.8 Å². The van der Waals surface area contributed by atoms with Crippen molar-refractivity contribution >= 4 is 21.4 Å². The second-order valence-corrected chi connectivity index (χ2v) is 8.81. The van der Waals surface area contributed by atoms with Gasteiger partial charge in [0.05, 0.1) is 16.6 Å². The summed E-state index contributed by atoms with van der Waals surface area (Å²) in [6, 6.07) is 16.5. The molecule has 2 atom stereocenters. The molecule has 2 aromatic rings. The van der Waals surface area contributed by atoms with E-state index in [1.807, 2.05) is 25.1 Å². The van der Waals surface area contributed by atoms with Crippen LogP contribution in [0.4, 0.5) is 5.69 Å². The van der Waals surface area contributed by atoms with Crippen molar-refractivity contribution in [3.8, 4) is 0 Å². The number of benzene rings is 2. The molecule has 1 aliphatic heterocycles. The van der Waals surface area contributed by atoms with Gasteiger partial charge in [-0.2, -0.15) is 0 Å². The maximum absolute atomic E-state index is 12.7. The van der Waals surface area contributed by atoms with E-state index in [0.717, 1.165) is 25.8 Å². The Morgan fingerprint density at radius 1 is 1.12 bits per heavy atom. The first-order chi connectivity index (χ1) is 12.4. The number of amides is 1. The predicted molar refractivity (Wildman–Crippen MR) is 103 cm³/mol. The van der Waals surface area contributed by atoms with E-state index in [2.05, 4.69) is 22.3 Å². The fourth-order valence-electron chi connectivity index (χ4n) is 3.43. The number of carbonyl (C=O) groups is 1. The molecule has 6 heteroatoms. The van der Waals surface area contributed by atoms with Crippen LogP contribution >= 0.6 is 0 Å². The minimum absolute atomic E-state index is 0.143. The molecule has 5 nitrogen and oxygen atoms in total. The standard InChI is InChI=1S/C20H24N2O3S/c1-15(22-13-12-17(14-22)16-8-4-3-5-9-16)20(23)21-18-10-6-7-11-19(18)26(2,24)25/h3-11,15,17H,12-14H2,1-2H3,(H,21,23). The van der Waals surface area contributed by atoms with Gasteiger partial charge in [0, 0.05) is 12.8 Å². The molecule has 0 radical (unpaired) electrons. The number of anilines is 1. The number of likely N-dealkylation sites (tertiary alicyclic amines) is 1. The van der Waals surface area contributed by atoms with E-state index in [4.69, 9.17) is 0 Å². The molecule has 0 aliphatic carbocycles. The van der Waals surface area contributed by atoms with Crippen molar-refractivity contribution in [2.75, 3.05) is 24.7 Å². The summed E-state index contributed by atoms with van der Waals surface area (Å²) in [6.45, 7) is 3.54. The van der Waals surface area contributed by atoms with Crippen LogP contribution in [-0.4, -0.2) is 44.6 Å². The first-order valence-electron chi connectivity index (χ1n) is 8.75. The molecular weight excluding hydrogens is 348 g/mol. The second-order valence-electron chi connectivity index (χ2n) is 6.82. The fourth-order valence-corrected chi connectivity index (χ4v) is 4.28. The average molecular weight is 372 g/mol. The molecule has 26 heavy (non-hydrogen) atoms. The topological polar surface area (TPSA) is 66.5 Å². The van der Waals surface area contributed by atoms with Crippen LogP contribution in [0.5, 0.6) is 0 Å². The summed E-state index contributed by atoms with van der Waals surface area (Å²) in [6.07, 6.45) is 2.16. The Morgan fingerprint density at radius 2 is 1.77 bits per heavy atom. The SMILES string of the molecule is CC(C(=O)Nc1ccccc1S(C)(=O)=O)N1CCC(c2ccccc2)C1. The normalized spacial score (nSPS) is 19.2. The number of nitrogens with zero attached hydrogens (tertiary/aromatic N) is 1. The molecule has 0 saturated carbocycles. The maximum atomic E-state index is 12.7. The number of carbonyl (C=O) groups excluding carboxylic acids is 1. The van der Waals surface area contributed by atoms with Crippen molar-refractivity contribution in [2.24, 2.45) is 0 Å². The van der Waals surface area contributed by atoms with E-state index in [1.165, 1.54) is 11.6 Å². The molecule has 1 amide bonds. The van der Waals surface area contributed by atoms with Gasteiger partial charge in [-0.3, -0.25) is 9.69 Å². The van der Waals surface area contributed by atoms with Crippen molar-refractivity contribution in [1.29, 1.82) is 0 Å². The molecular formula is C20H24N2O3S. The average Bonchev–Trinajstić information content (AvgIpc) is 3.11. The lowest BCUT2D eigenvalue weighted by Gasteiger charge is -2.24. The van der Waals surface area contributed by atoms with E-state index < -0.39 is 9.84 Å². The lowest BCUT2D eigenvalue weighted by Crippen LogP contribution is -2.40. The second kappa shape index (κ2) is 7.60. The number of sulfone groups is 1. The molecule has 138 valence electrons. The van der Waals surface area contributed by atoms with Gasteiger partial charge in [-0.1, -0.05) is 42.5 Å². The Hall–Kier alpha value is -2.18. The van der Waals surface area contributed by atoms with Crippen molar-refractivity contribution in [3.63, 3.8) is 0 Å². The number of hydrogen-bond acceptors (Lipinski definition) is 4. The van der Waals surface area contributed by atoms with E-state index in [1.54, 1.807) is 18.2 Å². The molecule has 2 unspecified atom stereocenters. The summed E-state index contributed by atoms with van der Waals surface area (Å²) >= 11 is 0. The highest BCUT2D eigenvalue weighted by molar-refractivity contribution is 7.90. The maximum Gasteiger partial charge on any atom is 0.241 e. The van der Waals surface area contributed by atoms with Crippen LogP contribution in [0, 0.1) is 0 Å². The zero-order chi connectivity index (χ0) is 18.7. The molecule has 1 heterocycles. The molecule has 1 fully saturated rings. The van der Waals surface area contributed by atoms with Crippen molar-refractivity contribution in [3.05, 3.63) is 60.2 Å². The van der Waals surface area contributed by atoms with Gasteiger partial charge in [-0.25, -0.2) is 8.42 Å². The third-order valence-corrected chi connectivity index (χ3v) is 6.12. The predicted octanol–water partition coefficient (Wildman–Crippen LogP) is 2.91. The van der Waals surface area contributed by atoms with Crippen LogP contribution < -0.4 is 5.32 Å². The monoisotopic (exact) mass is 372 g/mol. The highest BCUT2D eigenvalue weighted by atomic mass is 32.2. The van der Waals surface area contributed by atoms with Gasteiger partial charge in [0.2, 0.25) is 5.91 Å². The quantitative estimate of drug-likeness (QED) is 0.876. The lowest BCUT2D eigenvalue weighted by molar-refractivity contribution is -0.120. The van der Waals surface area contributed by atoms with Gasteiger partial charge in [0.15, 0.2) is 9.84 Å². The van der Waals surface area contributed by atoms with Crippen molar-refractivity contribution < 1.29 is 13.2 Å². The minimum Gasteiger partial charge on any atom is -0.324 e. The molecule has 3 rings (SSSR count). The first-order valence-corrected chi connectivity index (χ1v) is 10.6. The Kier molecular flexibility index (Phi) is 5.44. The smallest absolute Gasteiger partial charge is 0.241 e. The van der Waals surface area contributed by atoms with Gasteiger partial charge in [0.1, 0.15) is 0 Å². The lowest BCUT2D eigenvalue weighted by atomic mass is 9.99. The Morgan fingerprint density at radius 3 is 2.46 bits per heavy atom. The summed E-state index contributed by atoms with van der Waals surface area (Å²) < 4.78 is 23.8. The molecule has 1 saturated heterocycles. The molecule has 1 N–H and O–H groups in total. The van der Waals surface area contributed by atoms with Crippen LogP contribution in [-0.2, 0) is 14.6 Å². The molecule has 0 bridgehead atoms. The third-order valence-electron chi connectivity index (χ3n) is 4.96. The van der Waals surface area contributed by atoms with Gasteiger partial charge in [0.25, 0.3) is 0 Å². The van der Waals surface area contributed by atoms with E-state index in [0.29, 0.717) is 11.6 Å². The van der Waals surface area contributed by atoms with Crippen LogP contribution in [0.3, 0.4) is 0 Å². The zero-order valence-corrected chi connectivity index (χ0v) is 15.9. The van der Waals surface area contributed by atoms with E-state index in [9.17, 15) is 13.2 Å². The van der Waals surface area contributed by atoms with Gasteiger partial charge in [-0.05, 0) is 43.5 Å². The first kappa shape index (κ1) is 18.6. The van der Waals surface area contributed by atoms with Gasteiger partial charge >= 0.3 is 0 Å². The number of rotatable bonds is 5. The largest absolute Gasteiger partial charge is 0.324 e. The van der Waals surface area contributed by atoms with Gasteiger partial charge in [-0.15, -0.1) is 0 Å². The molecule has 1 aliphatic rings. The van der Waals surface area contributed by atoms with Crippen LogP contribution in [0.2, 0.25) is 0 Å². The fraction of sp³-hybridized carbons (Fsp3) is 0.350. The molecule has 2 aromatic carbocycles. The highest BCUT2D eigenvalue weighted by Crippen LogP contribution is 2.29. The zero-order valence-electron chi connectivity index (χ0n) is 15.1. The summed E-state index contributed by atoms with van der Waals surface area (Å²) in [4.78, 5) is 15.0. The van der Waals surface area contributed by atoms with Crippen LogP contribution in [0.25, 0.3) is 0 Å². The summed E-state index contributed by atoms with van der Waals surface area (Å²) in [5.74, 6) is 0.240.